The first-order valence-corrected chi connectivity index (χ1v) is 7.05. The first-order valence-electron chi connectivity index (χ1n) is 5.65. The van der Waals surface area contributed by atoms with Gasteiger partial charge in [-0.25, -0.2) is 0 Å². The van der Waals surface area contributed by atoms with Crippen molar-refractivity contribution in [2.24, 2.45) is 17.4 Å². The van der Waals surface area contributed by atoms with E-state index in [1.165, 1.54) is 0 Å². The number of carbonyl (C=O) groups excluding carboxylic acids is 1. The maximum absolute atomic E-state index is 11.5. The van der Waals surface area contributed by atoms with E-state index in [1.807, 2.05) is 0 Å². The summed E-state index contributed by atoms with van der Waals surface area (Å²) < 4.78 is 31.6. The molecule has 1 aliphatic rings. The Bertz CT molecular complexity index is 403. The SMILES string of the molecule is N=C(N)CCNC(=O)[C@H]1CC[C@@H](N)C1.O=S(=O)(O)O. The van der Waals surface area contributed by atoms with E-state index in [0.29, 0.717) is 13.0 Å². The number of nitrogens with one attached hydrogen (secondary N) is 2. The first kappa shape index (κ1) is 17.8. The molecular formula is C9H20N4O5S. The van der Waals surface area contributed by atoms with Gasteiger partial charge in [-0.2, -0.15) is 8.42 Å². The molecule has 2 atom stereocenters. The lowest BCUT2D eigenvalue weighted by Gasteiger charge is -2.09. The number of nitrogens with two attached hydrogens (primary N) is 2. The van der Waals surface area contributed by atoms with Gasteiger partial charge in [-0.15, -0.1) is 0 Å². The van der Waals surface area contributed by atoms with E-state index in [2.05, 4.69) is 5.32 Å². The number of amides is 1. The first-order chi connectivity index (χ1) is 8.59. The zero-order valence-electron chi connectivity index (χ0n) is 10.4. The van der Waals surface area contributed by atoms with Gasteiger partial charge in [-0.3, -0.25) is 19.3 Å². The van der Waals surface area contributed by atoms with Crippen molar-refractivity contribution in [3.8, 4) is 0 Å². The van der Waals surface area contributed by atoms with Crippen LogP contribution >= 0.6 is 0 Å². The number of hydrogen-bond donors (Lipinski definition) is 6. The third kappa shape index (κ3) is 11.6. The van der Waals surface area contributed by atoms with Gasteiger partial charge in [0.05, 0.1) is 5.84 Å². The largest absolute Gasteiger partial charge is 0.394 e. The van der Waals surface area contributed by atoms with Gasteiger partial charge in [-0.05, 0) is 19.3 Å². The van der Waals surface area contributed by atoms with Crippen molar-refractivity contribution in [1.82, 2.24) is 5.32 Å². The maximum Gasteiger partial charge on any atom is 0.394 e. The lowest BCUT2D eigenvalue weighted by molar-refractivity contribution is -0.124. The molecule has 112 valence electrons. The molecule has 0 aliphatic heterocycles. The maximum atomic E-state index is 11.5. The predicted octanol–water partition coefficient (Wildman–Crippen LogP) is -1.10. The third-order valence-corrected chi connectivity index (χ3v) is 2.54. The van der Waals surface area contributed by atoms with Crippen molar-refractivity contribution in [1.29, 1.82) is 5.41 Å². The Hall–Kier alpha value is -1.23. The molecule has 0 aromatic carbocycles. The molecule has 0 saturated heterocycles. The number of rotatable bonds is 4. The lowest BCUT2D eigenvalue weighted by Crippen LogP contribution is -2.32. The normalized spacial score (nSPS) is 22.3. The topological polar surface area (TPSA) is 180 Å². The molecular weight excluding hydrogens is 276 g/mol. The Morgan fingerprint density at radius 2 is 1.89 bits per heavy atom. The second kappa shape index (κ2) is 8.04. The smallest absolute Gasteiger partial charge is 0.388 e. The van der Waals surface area contributed by atoms with Gasteiger partial charge in [0.15, 0.2) is 0 Å². The highest BCUT2D eigenvalue weighted by atomic mass is 32.3. The fourth-order valence-electron chi connectivity index (χ4n) is 1.72. The van der Waals surface area contributed by atoms with Gasteiger partial charge >= 0.3 is 10.4 Å². The van der Waals surface area contributed by atoms with Crippen LogP contribution < -0.4 is 16.8 Å². The van der Waals surface area contributed by atoms with Crippen molar-refractivity contribution >= 4 is 22.1 Å². The highest BCUT2D eigenvalue weighted by molar-refractivity contribution is 7.79. The van der Waals surface area contributed by atoms with E-state index < -0.39 is 10.4 Å². The second-order valence-electron chi connectivity index (χ2n) is 4.28. The molecule has 0 aromatic rings. The Balaban J connectivity index is 0.000000555. The molecule has 0 bridgehead atoms. The van der Waals surface area contributed by atoms with Crippen molar-refractivity contribution in [2.75, 3.05) is 6.54 Å². The lowest BCUT2D eigenvalue weighted by atomic mass is 10.1. The summed E-state index contributed by atoms with van der Waals surface area (Å²) in [5, 5.41) is 9.75. The van der Waals surface area contributed by atoms with Gasteiger partial charge in [0, 0.05) is 24.9 Å². The highest BCUT2D eigenvalue weighted by Crippen LogP contribution is 2.23. The summed E-state index contributed by atoms with van der Waals surface area (Å²) in [7, 11) is -4.67. The molecule has 1 amide bonds. The third-order valence-electron chi connectivity index (χ3n) is 2.54. The molecule has 1 rings (SSSR count). The average Bonchev–Trinajstić information content (AvgIpc) is 2.61. The molecule has 0 unspecified atom stereocenters. The molecule has 9 nitrogen and oxygen atoms in total. The molecule has 0 heterocycles. The summed E-state index contributed by atoms with van der Waals surface area (Å²) in [6.07, 6.45) is 3.02. The Morgan fingerprint density at radius 1 is 1.37 bits per heavy atom. The van der Waals surface area contributed by atoms with E-state index in [0.717, 1.165) is 19.3 Å². The summed E-state index contributed by atoms with van der Waals surface area (Å²) >= 11 is 0. The van der Waals surface area contributed by atoms with E-state index in [4.69, 9.17) is 34.4 Å². The Morgan fingerprint density at radius 3 is 2.26 bits per heavy atom. The fourth-order valence-corrected chi connectivity index (χ4v) is 1.72. The molecule has 10 heteroatoms. The summed E-state index contributed by atoms with van der Waals surface area (Å²) in [6, 6.07) is 0.179. The van der Waals surface area contributed by atoms with E-state index >= 15 is 0 Å². The minimum Gasteiger partial charge on any atom is -0.388 e. The van der Waals surface area contributed by atoms with Gasteiger partial charge < -0.3 is 16.8 Å². The van der Waals surface area contributed by atoms with Crippen LogP contribution in [0.3, 0.4) is 0 Å². The Kier molecular flexibility index (Phi) is 7.52. The van der Waals surface area contributed by atoms with Gasteiger partial charge in [-0.1, -0.05) is 0 Å². The van der Waals surface area contributed by atoms with Gasteiger partial charge in [0.1, 0.15) is 0 Å². The summed E-state index contributed by atoms with van der Waals surface area (Å²) in [5.74, 6) is 0.226. The predicted molar refractivity (Wildman–Crippen MR) is 69.0 cm³/mol. The van der Waals surface area contributed by atoms with Crippen molar-refractivity contribution in [3.63, 3.8) is 0 Å². The van der Waals surface area contributed by atoms with Gasteiger partial charge in [0.2, 0.25) is 5.91 Å². The van der Waals surface area contributed by atoms with Crippen LogP contribution in [0.4, 0.5) is 0 Å². The minimum atomic E-state index is -4.67. The molecule has 8 N–H and O–H groups in total. The monoisotopic (exact) mass is 296 g/mol. The van der Waals surface area contributed by atoms with Crippen molar-refractivity contribution in [3.05, 3.63) is 0 Å². The number of carbonyl (C=O) groups is 1. The molecule has 19 heavy (non-hydrogen) atoms. The van der Waals surface area contributed by atoms with Crippen LogP contribution in [0, 0.1) is 11.3 Å². The molecule has 1 aliphatic carbocycles. The van der Waals surface area contributed by atoms with Crippen LogP contribution in [-0.2, 0) is 15.2 Å². The van der Waals surface area contributed by atoms with E-state index in [1.54, 1.807) is 0 Å². The summed E-state index contributed by atoms with van der Waals surface area (Å²) in [5.41, 5.74) is 10.9. The zero-order valence-corrected chi connectivity index (χ0v) is 11.2. The standard InChI is InChI=1S/C9H18N4O.H2O4S/c10-7-2-1-6(5-7)9(14)13-4-3-8(11)12;1-5(2,3)4/h6-7H,1-5,10H2,(H3,11,12)(H,13,14);(H2,1,2,3,4)/t6-,7+;/m0./s1. The quantitative estimate of drug-likeness (QED) is 0.216. The molecule has 1 fully saturated rings. The fraction of sp³-hybridized carbons (Fsp3) is 0.778. The van der Waals surface area contributed by atoms with Gasteiger partial charge in [0.25, 0.3) is 0 Å². The second-order valence-corrected chi connectivity index (χ2v) is 5.18. The van der Waals surface area contributed by atoms with Crippen LogP contribution in [0.15, 0.2) is 0 Å². The van der Waals surface area contributed by atoms with Crippen molar-refractivity contribution < 1.29 is 22.3 Å². The van der Waals surface area contributed by atoms with E-state index in [9.17, 15) is 4.79 Å². The molecule has 1 saturated carbocycles. The molecule has 0 aromatic heterocycles. The molecule has 0 radical (unpaired) electrons. The van der Waals surface area contributed by atoms with Crippen molar-refractivity contribution in [2.45, 2.75) is 31.7 Å². The van der Waals surface area contributed by atoms with Crippen LogP contribution in [0.25, 0.3) is 0 Å². The van der Waals surface area contributed by atoms with E-state index in [-0.39, 0.29) is 23.7 Å². The molecule has 0 spiro atoms. The van der Waals surface area contributed by atoms with Crippen LogP contribution in [0.5, 0.6) is 0 Å². The Labute approximate surface area is 111 Å². The number of hydrogen-bond acceptors (Lipinski definition) is 5. The summed E-state index contributed by atoms with van der Waals surface area (Å²) in [6.45, 7) is 0.458. The minimum absolute atomic E-state index is 0.0548. The van der Waals surface area contributed by atoms with Crippen LogP contribution in [0.2, 0.25) is 0 Å². The highest BCUT2D eigenvalue weighted by Gasteiger charge is 2.27. The number of amidine groups is 1. The average molecular weight is 296 g/mol. The van der Waals surface area contributed by atoms with Crippen LogP contribution in [0.1, 0.15) is 25.7 Å². The van der Waals surface area contributed by atoms with Crippen LogP contribution in [-0.4, -0.2) is 41.9 Å². The summed E-state index contributed by atoms with van der Waals surface area (Å²) in [4.78, 5) is 11.5. The zero-order chi connectivity index (χ0) is 15.1.